The Balaban J connectivity index is 1.52. The van der Waals surface area contributed by atoms with Crippen LogP contribution in [-0.4, -0.2) is 22.4 Å². The van der Waals surface area contributed by atoms with Gasteiger partial charge in [-0.1, -0.05) is 36.4 Å². The first-order valence-electron chi connectivity index (χ1n) is 7.78. The Morgan fingerprint density at radius 2 is 1.12 bits per heavy atom. The lowest BCUT2D eigenvalue weighted by molar-refractivity contribution is 1.04. The molecule has 0 aliphatic carbocycles. The quantitative estimate of drug-likeness (QED) is 0.651. The van der Waals surface area contributed by atoms with Gasteiger partial charge in [0.2, 0.25) is 0 Å². The summed E-state index contributed by atoms with van der Waals surface area (Å²) in [5.41, 5.74) is 4.38. The van der Waals surface area contributed by atoms with Crippen molar-refractivity contribution in [2.24, 2.45) is 9.98 Å². The van der Waals surface area contributed by atoms with Crippen molar-refractivity contribution >= 4 is 12.4 Å². The third kappa shape index (κ3) is 4.95. The molecular weight excluding hydrogens is 296 g/mol. The highest BCUT2D eigenvalue weighted by molar-refractivity contribution is 5.79. The van der Waals surface area contributed by atoms with Crippen molar-refractivity contribution in [3.05, 3.63) is 95.6 Å². The van der Waals surface area contributed by atoms with Gasteiger partial charge < -0.3 is 0 Å². The van der Waals surface area contributed by atoms with Gasteiger partial charge in [-0.3, -0.25) is 20.0 Å². The molecule has 0 saturated heterocycles. The average Bonchev–Trinajstić information content (AvgIpc) is 2.65. The molecule has 2 heterocycles. The summed E-state index contributed by atoms with van der Waals surface area (Å²) in [5, 5.41) is 0. The van der Waals surface area contributed by atoms with Crippen LogP contribution >= 0.6 is 0 Å². The molecule has 118 valence electrons. The zero-order valence-electron chi connectivity index (χ0n) is 13.3. The van der Waals surface area contributed by atoms with Gasteiger partial charge in [-0.05, 0) is 23.3 Å². The van der Waals surface area contributed by atoms with E-state index in [-0.39, 0.29) is 0 Å². The maximum atomic E-state index is 4.44. The number of hydrogen-bond acceptors (Lipinski definition) is 4. The molecule has 0 bridgehead atoms. The molecule has 0 fully saturated rings. The first-order valence-corrected chi connectivity index (χ1v) is 7.78. The Morgan fingerprint density at radius 1 is 0.667 bits per heavy atom. The van der Waals surface area contributed by atoms with E-state index in [1.54, 1.807) is 24.8 Å². The third-order valence-corrected chi connectivity index (χ3v) is 3.42. The molecule has 3 rings (SSSR count). The minimum Gasteiger partial charge on any atom is -0.288 e. The van der Waals surface area contributed by atoms with Gasteiger partial charge in [0.1, 0.15) is 0 Å². The number of aliphatic imine (C=N–C) groups is 2. The molecular formula is C20H18N4. The minimum atomic E-state index is 0.661. The van der Waals surface area contributed by atoms with E-state index in [1.165, 1.54) is 11.1 Å². The molecule has 0 saturated carbocycles. The number of benzene rings is 1. The van der Waals surface area contributed by atoms with Crippen molar-refractivity contribution in [1.82, 2.24) is 9.97 Å². The average molecular weight is 314 g/mol. The molecule has 0 atom stereocenters. The molecule has 3 aromatic rings. The number of nitrogens with zero attached hydrogens (tertiary/aromatic N) is 4. The van der Waals surface area contributed by atoms with Crippen LogP contribution in [0.2, 0.25) is 0 Å². The Kier molecular flexibility index (Phi) is 5.56. The zero-order valence-corrected chi connectivity index (χ0v) is 13.3. The van der Waals surface area contributed by atoms with Gasteiger partial charge in [0.25, 0.3) is 0 Å². The van der Waals surface area contributed by atoms with Crippen LogP contribution < -0.4 is 0 Å². The van der Waals surface area contributed by atoms with E-state index in [4.69, 9.17) is 0 Å². The lowest BCUT2D eigenvalue weighted by atomic mass is 10.1. The van der Waals surface area contributed by atoms with E-state index in [9.17, 15) is 0 Å². The van der Waals surface area contributed by atoms with Crippen LogP contribution in [0.25, 0.3) is 0 Å². The van der Waals surface area contributed by atoms with Crippen LogP contribution in [-0.2, 0) is 13.1 Å². The highest BCUT2D eigenvalue weighted by Gasteiger charge is 1.94. The Hall–Kier alpha value is -3.14. The highest BCUT2D eigenvalue weighted by atomic mass is 14.7. The Bertz CT molecular complexity index is 724. The maximum Gasteiger partial charge on any atom is 0.0639 e. The van der Waals surface area contributed by atoms with Gasteiger partial charge in [-0.2, -0.15) is 0 Å². The number of pyridine rings is 2. The first kappa shape index (κ1) is 15.7. The van der Waals surface area contributed by atoms with Crippen molar-refractivity contribution < 1.29 is 0 Å². The van der Waals surface area contributed by atoms with Crippen LogP contribution in [0.4, 0.5) is 0 Å². The van der Waals surface area contributed by atoms with Gasteiger partial charge in [-0.15, -0.1) is 0 Å². The molecule has 24 heavy (non-hydrogen) atoms. The van der Waals surface area contributed by atoms with E-state index >= 15 is 0 Å². The van der Waals surface area contributed by atoms with Gasteiger partial charge in [0.05, 0.1) is 13.1 Å². The molecule has 0 amide bonds. The number of rotatable bonds is 6. The highest BCUT2D eigenvalue weighted by Crippen LogP contribution is 2.07. The zero-order chi connectivity index (χ0) is 16.5. The number of hydrogen-bond donors (Lipinski definition) is 0. The van der Waals surface area contributed by atoms with Crippen LogP contribution in [0, 0.1) is 0 Å². The van der Waals surface area contributed by atoms with Crippen molar-refractivity contribution in [3.8, 4) is 0 Å². The topological polar surface area (TPSA) is 50.5 Å². The minimum absolute atomic E-state index is 0.661. The molecule has 0 aliphatic heterocycles. The molecule has 0 spiro atoms. The van der Waals surface area contributed by atoms with Gasteiger partial charge in [0, 0.05) is 48.3 Å². The maximum absolute atomic E-state index is 4.44. The molecule has 0 radical (unpaired) electrons. The molecule has 4 nitrogen and oxygen atoms in total. The van der Waals surface area contributed by atoms with E-state index < -0.39 is 0 Å². The third-order valence-electron chi connectivity index (χ3n) is 3.42. The number of aromatic nitrogens is 2. The summed E-state index contributed by atoms with van der Waals surface area (Å²) in [6.07, 6.45) is 10.8. The molecule has 0 unspecified atom stereocenters. The second-order valence-corrected chi connectivity index (χ2v) is 5.33. The molecule has 1 aromatic carbocycles. The summed E-state index contributed by atoms with van der Waals surface area (Å²) in [5.74, 6) is 0. The summed E-state index contributed by atoms with van der Waals surface area (Å²) in [6.45, 7) is 1.32. The largest absolute Gasteiger partial charge is 0.288 e. The summed E-state index contributed by atoms with van der Waals surface area (Å²) in [7, 11) is 0. The SMILES string of the molecule is C(=NCc1ccc(CN=Cc2cccnc2)cc1)c1cccnc1. The normalized spacial score (nSPS) is 11.3. The fourth-order valence-corrected chi connectivity index (χ4v) is 2.17. The van der Waals surface area contributed by atoms with Gasteiger partial charge >= 0.3 is 0 Å². The van der Waals surface area contributed by atoms with Crippen LogP contribution in [0.3, 0.4) is 0 Å². The first-order chi connectivity index (χ1) is 11.9. The lowest BCUT2D eigenvalue weighted by Crippen LogP contribution is -1.88. The Morgan fingerprint density at radius 3 is 1.50 bits per heavy atom. The van der Waals surface area contributed by atoms with E-state index in [0.717, 1.165) is 11.1 Å². The van der Waals surface area contributed by atoms with Crippen LogP contribution in [0.5, 0.6) is 0 Å². The molecule has 4 heteroatoms. The van der Waals surface area contributed by atoms with Crippen molar-refractivity contribution in [1.29, 1.82) is 0 Å². The summed E-state index contributed by atoms with van der Waals surface area (Å²) >= 11 is 0. The summed E-state index contributed by atoms with van der Waals surface area (Å²) < 4.78 is 0. The predicted octanol–water partition coefficient (Wildman–Crippen LogP) is 3.71. The molecule has 0 N–H and O–H groups in total. The summed E-state index contributed by atoms with van der Waals surface area (Å²) in [6, 6.07) is 16.2. The second kappa shape index (κ2) is 8.48. The molecule has 2 aromatic heterocycles. The van der Waals surface area contributed by atoms with Crippen molar-refractivity contribution in [2.45, 2.75) is 13.1 Å². The van der Waals surface area contributed by atoms with E-state index in [2.05, 4.69) is 44.2 Å². The van der Waals surface area contributed by atoms with E-state index in [1.807, 2.05) is 36.7 Å². The second-order valence-electron chi connectivity index (χ2n) is 5.33. The van der Waals surface area contributed by atoms with Crippen molar-refractivity contribution in [3.63, 3.8) is 0 Å². The predicted molar refractivity (Wildman–Crippen MR) is 97.5 cm³/mol. The molecule has 0 aliphatic rings. The fourth-order valence-electron chi connectivity index (χ4n) is 2.17. The monoisotopic (exact) mass is 314 g/mol. The Labute approximate surface area is 141 Å². The summed E-state index contributed by atoms with van der Waals surface area (Å²) in [4.78, 5) is 17.0. The van der Waals surface area contributed by atoms with Crippen molar-refractivity contribution in [2.75, 3.05) is 0 Å². The smallest absolute Gasteiger partial charge is 0.0639 e. The van der Waals surface area contributed by atoms with E-state index in [0.29, 0.717) is 13.1 Å². The van der Waals surface area contributed by atoms with Crippen LogP contribution in [0.15, 0.2) is 83.3 Å². The lowest BCUT2D eigenvalue weighted by Gasteiger charge is -2.00. The standard InChI is InChI=1S/C20H18N4/c1-3-19(13-21-9-1)15-23-11-17-5-7-18(8-6-17)12-24-16-20-4-2-10-22-14-20/h1-10,13-16H,11-12H2. The fraction of sp³-hybridized carbons (Fsp3) is 0.100. The van der Waals surface area contributed by atoms with Crippen LogP contribution in [0.1, 0.15) is 22.3 Å². The van der Waals surface area contributed by atoms with Gasteiger partial charge in [-0.25, -0.2) is 0 Å². The van der Waals surface area contributed by atoms with Gasteiger partial charge in [0.15, 0.2) is 0 Å².